The molecule has 4 rings (SSSR count). The Balaban J connectivity index is 0.000000662. The largest absolute Gasteiger partial charge is 0.424 e. The number of ether oxygens (including phenoxy) is 1. The van der Waals surface area contributed by atoms with E-state index in [0.29, 0.717) is 34.4 Å². The van der Waals surface area contributed by atoms with Gasteiger partial charge in [0.2, 0.25) is 11.8 Å². The van der Waals surface area contributed by atoms with Crippen molar-refractivity contribution in [1.29, 1.82) is 16.1 Å². The number of nitrogens with zero attached hydrogens (tertiary/aromatic N) is 2. The molecule has 2 unspecified atom stereocenters. The lowest BCUT2D eigenvalue weighted by atomic mass is 9.95. The summed E-state index contributed by atoms with van der Waals surface area (Å²) in [6, 6.07) is 22.5. The van der Waals surface area contributed by atoms with Crippen molar-refractivity contribution >= 4 is 29.5 Å². The molecule has 1 aliphatic rings. The second-order valence-corrected chi connectivity index (χ2v) is 13.5. The van der Waals surface area contributed by atoms with Crippen LogP contribution in [0.3, 0.4) is 0 Å². The minimum absolute atomic E-state index is 0.104. The van der Waals surface area contributed by atoms with Gasteiger partial charge in [-0.25, -0.2) is 0 Å². The molecule has 7 nitrogen and oxygen atoms in total. The third-order valence-corrected chi connectivity index (χ3v) is 7.87. The predicted molar refractivity (Wildman–Crippen MR) is 180 cm³/mol. The van der Waals surface area contributed by atoms with Gasteiger partial charge >= 0.3 is 0 Å². The summed E-state index contributed by atoms with van der Waals surface area (Å²) >= 11 is 1.60. The summed E-state index contributed by atoms with van der Waals surface area (Å²) in [5.74, 6) is 5.30. The quantitative estimate of drug-likeness (QED) is 0.120. The number of hydrogen-bond acceptors (Lipinski definition) is 7. The maximum atomic E-state index is 13.6. The number of likely N-dealkylation sites (tertiary alicyclic amines) is 1. The van der Waals surface area contributed by atoms with E-state index in [9.17, 15) is 10.1 Å². The van der Waals surface area contributed by atoms with E-state index in [2.05, 4.69) is 57.7 Å². The molecular weight excluding hydrogens is 566 g/mol. The topological polar surface area (TPSA) is 127 Å². The molecule has 0 aromatic heterocycles. The molecule has 0 bridgehead atoms. The van der Waals surface area contributed by atoms with Crippen molar-refractivity contribution in [3.63, 3.8) is 0 Å². The highest BCUT2D eigenvalue weighted by atomic mass is 32.2. The molecule has 0 saturated carbocycles. The molecule has 1 fully saturated rings. The van der Waals surface area contributed by atoms with Crippen molar-refractivity contribution in [1.82, 2.24) is 4.90 Å². The Bertz CT molecular complexity index is 1610. The van der Waals surface area contributed by atoms with Crippen molar-refractivity contribution in [2.75, 3.05) is 6.54 Å². The fourth-order valence-electron chi connectivity index (χ4n) is 4.63. The van der Waals surface area contributed by atoms with Crippen LogP contribution in [0.2, 0.25) is 0 Å². The molecule has 3 aromatic carbocycles. The molecule has 44 heavy (non-hydrogen) atoms. The summed E-state index contributed by atoms with van der Waals surface area (Å²) in [5.41, 5.74) is 9.53. The minimum Gasteiger partial charge on any atom is -0.424 e. The molecule has 1 aliphatic heterocycles. The second-order valence-electron chi connectivity index (χ2n) is 11.6. The highest BCUT2D eigenvalue weighted by Gasteiger charge is 2.29. The average Bonchev–Trinajstić information content (AvgIpc) is 3.44. The van der Waals surface area contributed by atoms with Crippen LogP contribution in [0.1, 0.15) is 74.5 Å². The Kier molecular flexibility index (Phi) is 11.9. The van der Waals surface area contributed by atoms with Gasteiger partial charge in [0.15, 0.2) is 0 Å². The molecule has 0 aliphatic carbocycles. The maximum Gasteiger partial charge on any atom is 0.254 e. The molecule has 8 heteroatoms. The Morgan fingerprint density at radius 1 is 1.09 bits per heavy atom. The number of carbonyl (C=O) groups excluding carboxylic acids is 1. The Morgan fingerprint density at radius 2 is 1.77 bits per heavy atom. The van der Waals surface area contributed by atoms with Crippen LogP contribution in [0.5, 0.6) is 0 Å². The highest BCUT2D eigenvalue weighted by molar-refractivity contribution is 8.00. The van der Waals surface area contributed by atoms with Crippen LogP contribution in [0.4, 0.5) is 0 Å². The number of amides is 1. The number of aryl methyl sites for hydroxylation is 1. The number of nitriles is 1. The number of carbonyl (C=O) groups is 1. The number of rotatable bonds is 5. The van der Waals surface area contributed by atoms with Gasteiger partial charge in [-0.3, -0.25) is 15.6 Å². The molecule has 0 spiro atoms. The molecule has 0 radical (unpaired) electrons. The Labute approximate surface area is 265 Å². The van der Waals surface area contributed by atoms with Gasteiger partial charge in [0.1, 0.15) is 6.07 Å². The van der Waals surface area contributed by atoms with Gasteiger partial charge in [0.05, 0.1) is 17.6 Å². The summed E-state index contributed by atoms with van der Waals surface area (Å²) in [6.45, 7) is 12.3. The Hall–Kier alpha value is -4.37. The van der Waals surface area contributed by atoms with Gasteiger partial charge in [0.25, 0.3) is 5.91 Å². The summed E-state index contributed by atoms with van der Waals surface area (Å²) in [7, 11) is 0. The molecule has 3 aromatic rings. The maximum absolute atomic E-state index is 13.6. The fraction of sp³-hybridized carbons (Fsp3) is 0.333. The third kappa shape index (κ3) is 9.31. The van der Waals surface area contributed by atoms with Crippen molar-refractivity contribution in [2.45, 2.75) is 76.1 Å². The monoisotopic (exact) mass is 607 g/mol. The van der Waals surface area contributed by atoms with Crippen LogP contribution in [-0.4, -0.2) is 46.0 Å². The first-order valence-electron chi connectivity index (χ1n) is 14.6. The summed E-state index contributed by atoms with van der Waals surface area (Å²) < 4.78 is 5.28. The SMILES string of the molecule is CC#CC1CCCN1C(=O)c1cc(C(=N)OC(=N)C(C)N)cc(-c2cccc(SC(C)(C)C)c2C#N)c1.Cc1ccccc1. The van der Waals surface area contributed by atoms with Crippen LogP contribution < -0.4 is 5.73 Å². The zero-order valence-electron chi connectivity index (χ0n) is 26.3. The summed E-state index contributed by atoms with van der Waals surface area (Å²) in [6.07, 6.45) is 1.68. The van der Waals surface area contributed by atoms with Crippen LogP contribution in [-0.2, 0) is 4.74 Å². The number of nitrogens with one attached hydrogen (secondary N) is 2. The summed E-state index contributed by atoms with van der Waals surface area (Å²) in [5, 5.41) is 26.5. The van der Waals surface area contributed by atoms with Crippen LogP contribution in [0.15, 0.2) is 71.6 Å². The van der Waals surface area contributed by atoms with Gasteiger partial charge in [-0.15, -0.1) is 17.7 Å². The van der Waals surface area contributed by atoms with E-state index in [1.54, 1.807) is 48.7 Å². The lowest BCUT2D eigenvalue weighted by molar-refractivity contribution is 0.0766. The lowest BCUT2D eigenvalue weighted by Gasteiger charge is -2.22. The number of hydrogen-bond donors (Lipinski definition) is 3. The zero-order chi connectivity index (χ0) is 32.4. The fourth-order valence-corrected chi connectivity index (χ4v) is 5.69. The van der Waals surface area contributed by atoms with Crippen molar-refractivity contribution in [3.8, 4) is 29.0 Å². The van der Waals surface area contributed by atoms with Gasteiger partial charge in [-0.05, 0) is 63.4 Å². The van der Waals surface area contributed by atoms with E-state index in [4.69, 9.17) is 21.3 Å². The van der Waals surface area contributed by atoms with Gasteiger partial charge in [0, 0.05) is 32.9 Å². The number of thioether (sulfide) groups is 1. The van der Waals surface area contributed by atoms with Crippen LogP contribution >= 0.6 is 11.8 Å². The zero-order valence-corrected chi connectivity index (χ0v) is 27.1. The van der Waals surface area contributed by atoms with Crippen LogP contribution in [0, 0.1) is 40.9 Å². The van der Waals surface area contributed by atoms with Crippen molar-refractivity contribution < 1.29 is 9.53 Å². The van der Waals surface area contributed by atoms with E-state index >= 15 is 0 Å². The Morgan fingerprint density at radius 3 is 2.34 bits per heavy atom. The number of benzene rings is 3. The van der Waals surface area contributed by atoms with Crippen molar-refractivity contribution in [2.24, 2.45) is 5.73 Å². The van der Waals surface area contributed by atoms with E-state index in [0.717, 1.165) is 17.7 Å². The van der Waals surface area contributed by atoms with Gasteiger partial charge in [-0.1, -0.05) is 74.7 Å². The molecule has 1 heterocycles. The van der Waals surface area contributed by atoms with Gasteiger partial charge < -0.3 is 15.4 Å². The third-order valence-electron chi connectivity index (χ3n) is 6.70. The first-order valence-corrected chi connectivity index (χ1v) is 15.4. The van der Waals surface area contributed by atoms with E-state index < -0.39 is 6.04 Å². The van der Waals surface area contributed by atoms with Crippen molar-refractivity contribution in [3.05, 3.63) is 89.0 Å². The first kappa shape index (κ1) is 34.1. The number of nitrogens with two attached hydrogens (primary N) is 1. The normalized spacial score (nSPS) is 14.7. The second kappa shape index (κ2) is 15.4. The van der Waals surface area contributed by atoms with E-state index in [1.165, 1.54) is 5.56 Å². The van der Waals surface area contributed by atoms with Gasteiger partial charge in [-0.2, -0.15) is 5.26 Å². The lowest BCUT2D eigenvalue weighted by Crippen LogP contribution is -2.35. The molecule has 1 amide bonds. The smallest absolute Gasteiger partial charge is 0.254 e. The van der Waals surface area contributed by atoms with E-state index in [1.807, 2.05) is 36.4 Å². The van der Waals surface area contributed by atoms with Crippen LogP contribution in [0.25, 0.3) is 11.1 Å². The summed E-state index contributed by atoms with van der Waals surface area (Å²) in [4.78, 5) is 16.2. The average molecular weight is 608 g/mol. The standard InChI is InChI=1S/C29H33N5O2S.C7H8/c1-6-9-22-10-8-13-34(22)28(35)21-15-19(14-20(16-21)27(33)36-26(32)18(2)31)23-11-7-12-25(24(23)17-30)37-29(3,4)5;1-7-5-3-2-4-6-7/h7,11-12,14-16,18,22,32-33H,8,10,13,31H2,1-5H3;2-6H,1H3. The highest BCUT2D eigenvalue weighted by Crippen LogP contribution is 2.38. The molecule has 1 saturated heterocycles. The first-order chi connectivity index (χ1) is 20.8. The molecular formula is C36H41N5O2S. The minimum atomic E-state index is -0.682. The molecule has 228 valence electrons. The van der Waals surface area contributed by atoms with E-state index in [-0.39, 0.29) is 28.5 Å². The predicted octanol–water partition coefficient (Wildman–Crippen LogP) is 7.41. The molecule has 4 N–H and O–H groups in total. The molecule has 2 atom stereocenters.